The second-order valence-electron chi connectivity index (χ2n) is 4.18. The molecule has 0 aliphatic heterocycles. The fourth-order valence-electron chi connectivity index (χ4n) is 2.12. The van der Waals surface area contributed by atoms with E-state index in [4.69, 9.17) is 4.74 Å². The molecule has 6 heteroatoms. The van der Waals surface area contributed by atoms with Crippen molar-refractivity contribution in [3.63, 3.8) is 0 Å². The molecule has 20 heavy (non-hydrogen) atoms. The van der Waals surface area contributed by atoms with Gasteiger partial charge in [-0.05, 0) is 29.8 Å². The number of hydrogen-bond acceptors (Lipinski definition) is 3. The average molecular weight is 275 g/mol. The Hall–Kier alpha value is -2.50. The summed E-state index contributed by atoms with van der Waals surface area (Å²) in [5, 5.41) is 0. The maximum Gasteiger partial charge on any atom is 0.280 e. The van der Waals surface area contributed by atoms with Crippen LogP contribution in [-0.2, 0) is 0 Å². The Morgan fingerprint density at radius 2 is 2.00 bits per heavy atom. The summed E-state index contributed by atoms with van der Waals surface area (Å²) >= 11 is 0. The largest absolute Gasteiger partial charge is 0.482 e. The predicted octanol–water partition coefficient (Wildman–Crippen LogP) is 3.34. The topological polar surface area (TPSA) is 39.4 Å². The number of methoxy groups -OCH3 is 1. The molecule has 0 aromatic carbocycles. The van der Waals surface area contributed by atoms with Gasteiger partial charge in [0, 0.05) is 24.2 Å². The number of fused-ring (bicyclic) bond motifs is 1. The van der Waals surface area contributed by atoms with Gasteiger partial charge in [0.2, 0.25) is 0 Å². The Balaban J connectivity index is 2.20. The minimum atomic E-state index is -2.59. The van der Waals surface area contributed by atoms with Gasteiger partial charge in [-0.3, -0.25) is 9.38 Å². The van der Waals surface area contributed by atoms with Gasteiger partial charge in [-0.1, -0.05) is 0 Å². The molecule has 0 spiro atoms. The number of halogens is 2. The van der Waals surface area contributed by atoms with Crippen molar-refractivity contribution in [3.05, 3.63) is 48.5 Å². The highest BCUT2D eigenvalue weighted by Gasteiger charge is 2.13. The Bertz CT molecular complexity index is 755. The van der Waals surface area contributed by atoms with Gasteiger partial charge >= 0.3 is 0 Å². The zero-order chi connectivity index (χ0) is 14.1. The minimum absolute atomic E-state index is 0.247. The first-order valence-electron chi connectivity index (χ1n) is 5.95. The monoisotopic (exact) mass is 275 g/mol. The molecule has 0 saturated heterocycles. The molecule has 3 heterocycles. The summed E-state index contributed by atoms with van der Waals surface area (Å²) in [4.78, 5) is 7.92. The molecule has 0 aliphatic rings. The molecule has 0 N–H and O–H groups in total. The van der Waals surface area contributed by atoms with Gasteiger partial charge in [0.05, 0.1) is 7.11 Å². The molecule has 0 saturated carbocycles. The summed E-state index contributed by atoms with van der Waals surface area (Å²) < 4.78 is 32.5. The highest BCUT2D eigenvalue weighted by molar-refractivity contribution is 5.78. The SMILES string of the molecule is COc1ccc(-c2ccnc(C(F)F)c2)c2nccn12. The first-order valence-corrected chi connectivity index (χ1v) is 5.95. The zero-order valence-corrected chi connectivity index (χ0v) is 10.6. The van der Waals surface area contributed by atoms with Gasteiger partial charge in [-0.15, -0.1) is 0 Å². The van der Waals surface area contributed by atoms with E-state index in [0.29, 0.717) is 17.1 Å². The molecule has 102 valence electrons. The molecule has 3 rings (SSSR count). The smallest absolute Gasteiger partial charge is 0.280 e. The van der Waals surface area contributed by atoms with Crippen LogP contribution in [0.3, 0.4) is 0 Å². The Morgan fingerprint density at radius 1 is 1.15 bits per heavy atom. The summed E-state index contributed by atoms with van der Waals surface area (Å²) in [7, 11) is 1.57. The van der Waals surface area contributed by atoms with Gasteiger partial charge in [0.25, 0.3) is 6.43 Å². The minimum Gasteiger partial charge on any atom is -0.482 e. The number of rotatable bonds is 3. The summed E-state index contributed by atoms with van der Waals surface area (Å²) in [6.07, 6.45) is 2.17. The van der Waals surface area contributed by atoms with E-state index >= 15 is 0 Å². The van der Waals surface area contributed by atoms with Crippen molar-refractivity contribution in [2.24, 2.45) is 0 Å². The Morgan fingerprint density at radius 3 is 2.75 bits per heavy atom. The molecule has 0 atom stereocenters. The molecule has 0 radical (unpaired) electrons. The number of aromatic nitrogens is 3. The number of hydrogen-bond donors (Lipinski definition) is 0. The first kappa shape index (κ1) is 12.5. The molecule has 0 fully saturated rings. The number of alkyl halides is 2. The maximum absolute atomic E-state index is 12.7. The van der Waals surface area contributed by atoms with Crippen molar-refractivity contribution in [2.75, 3.05) is 7.11 Å². The van der Waals surface area contributed by atoms with Gasteiger partial charge in [-0.25, -0.2) is 13.8 Å². The third-order valence-electron chi connectivity index (χ3n) is 3.04. The standard InChI is InChI=1S/C14H11F2N3O/c1-20-12-3-2-10(14-18-6-7-19(12)14)9-4-5-17-11(8-9)13(15)16/h2-8,13H,1H3. The molecule has 4 nitrogen and oxygen atoms in total. The maximum atomic E-state index is 12.7. The second kappa shape index (κ2) is 4.88. The van der Waals surface area contributed by atoms with E-state index in [1.807, 2.05) is 0 Å². The zero-order valence-electron chi connectivity index (χ0n) is 10.6. The van der Waals surface area contributed by atoms with Crippen molar-refractivity contribution < 1.29 is 13.5 Å². The lowest BCUT2D eigenvalue weighted by atomic mass is 10.1. The van der Waals surface area contributed by atoms with E-state index in [2.05, 4.69) is 9.97 Å². The third kappa shape index (κ3) is 1.99. The van der Waals surface area contributed by atoms with E-state index in [1.54, 1.807) is 42.1 Å². The molecule has 0 bridgehead atoms. The molecular formula is C14H11F2N3O. The lowest BCUT2D eigenvalue weighted by Crippen LogP contribution is -1.96. The molecule has 0 aliphatic carbocycles. The fraction of sp³-hybridized carbons (Fsp3) is 0.143. The van der Waals surface area contributed by atoms with Crippen LogP contribution in [0.25, 0.3) is 16.8 Å². The summed E-state index contributed by atoms with van der Waals surface area (Å²) in [5.41, 5.74) is 1.80. The molecule has 3 aromatic heterocycles. The van der Waals surface area contributed by atoms with Crippen molar-refractivity contribution in [1.29, 1.82) is 0 Å². The van der Waals surface area contributed by atoms with E-state index < -0.39 is 6.43 Å². The first-order chi connectivity index (χ1) is 9.70. The summed E-state index contributed by atoms with van der Waals surface area (Å²) in [6, 6.07) is 6.63. The number of pyridine rings is 2. The van der Waals surface area contributed by atoms with Crippen molar-refractivity contribution in [2.45, 2.75) is 6.43 Å². The fourth-order valence-corrected chi connectivity index (χ4v) is 2.12. The molecule has 3 aromatic rings. The number of imidazole rings is 1. The quantitative estimate of drug-likeness (QED) is 0.736. The highest BCUT2D eigenvalue weighted by atomic mass is 19.3. The van der Waals surface area contributed by atoms with E-state index in [1.165, 1.54) is 12.3 Å². The van der Waals surface area contributed by atoms with Crippen LogP contribution in [-0.4, -0.2) is 21.5 Å². The molecular weight excluding hydrogens is 264 g/mol. The van der Waals surface area contributed by atoms with Crippen LogP contribution in [0.4, 0.5) is 8.78 Å². The van der Waals surface area contributed by atoms with Gasteiger partial charge < -0.3 is 4.74 Å². The van der Waals surface area contributed by atoms with Crippen LogP contribution in [0, 0.1) is 0 Å². The average Bonchev–Trinajstić information content (AvgIpc) is 2.95. The summed E-state index contributed by atoms with van der Waals surface area (Å²) in [6.45, 7) is 0. The van der Waals surface area contributed by atoms with Crippen LogP contribution >= 0.6 is 0 Å². The van der Waals surface area contributed by atoms with Crippen molar-refractivity contribution in [3.8, 4) is 17.0 Å². The molecule has 0 unspecified atom stereocenters. The Kier molecular flexibility index (Phi) is 3.06. The normalized spacial score (nSPS) is 11.2. The van der Waals surface area contributed by atoms with Crippen molar-refractivity contribution in [1.82, 2.24) is 14.4 Å². The van der Waals surface area contributed by atoms with Gasteiger partial charge in [0.15, 0.2) is 5.88 Å². The Labute approximate surface area is 113 Å². The highest BCUT2D eigenvalue weighted by Crippen LogP contribution is 2.29. The van der Waals surface area contributed by atoms with Gasteiger partial charge in [-0.2, -0.15) is 0 Å². The summed E-state index contributed by atoms with van der Waals surface area (Å²) in [5.74, 6) is 0.629. The van der Waals surface area contributed by atoms with E-state index in [9.17, 15) is 8.78 Å². The number of ether oxygens (including phenoxy) is 1. The van der Waals surface area contributed by atoms with Crippen LogP contribution in [0.15, 0.2) is 42.9 Å². The lowest BCUT2D eigenvalue weighted by molar-refractivity contribution is 0.146. The third-order valence-corrected chi connectivity index (χ3v) is 3.04. The number of nitrogens with zero attached hydrogens (tertiary/aromatic N) is 3. The van der Waals surface area contributed by atoms with Crippen LogP contribution < -0.4 is 4.74 Å². The van der Waals surface area contributed by atoms with Gasteiger partial charge in [0.1, 0.15) is 11.3 Å². The van der Waals surface area contributed by atoms with Crippen molar-refractivity contribution >= 4 is 5.65 Å². The predicted molar refractivity (Wildman–Crippen MR) is 69.9 cm³/mol. The van der Waals surface area contributed by atoms with Crippen LogP contribution in [0.5, 0.6) is 5.88 Å². The lowest BCUT2D eigenvalue weighted by Gasteiger charge is -2.09. The van der Waals surface area contributed by atoms with Crippen LogP contribution in [0.2, 0.25) is 0 Å². The van der Waals surface area contributed by atoms with Crippen LogP contribution in [0.1, 0.15) is 12.1 Å². The van der Waals surface area contributed by atoms with E-state index in [-0.39, 0.29) is 5.69 Å². The molecule has 0 amide bonds. The van der Waals surface area contributed by atoms with E-state index in [0.717, 1.165) is 5.56 Å². The second-order valence-corrected chi connectivity index (χ2v) is 4.18.